The zero-order chi connectivity index (χ0) is 14.9. The molecule has 22 heavy (non-hydrogen) atoms. The third-order valence-corrected chi connectivity index (χ3v) is 4.51. The molecule has 0 spiro atoms. The van der Waals surface area contributed by atoms with Gasteiger partial charge < -0.3 is 14.8 Å². The summed E-state index contributed by atoms with van der Waals surface area (Å²) in [5.41, 5.74) is 2.25. The van der Waals surface area contributed by atoms with Gasteiger partial charge in [-0.2, -0.15) is 5.10 Å². The van der Waals surface area contributed by atoms with E-state index in [2.05, 4.69) is 28.4 Å². The lowest BCUT2D eigenvalue weighted by molar-refractivity contribution is 0.174. The van der Waals surface area contributed by atoms with Crippen LogP contribution in [-0.4, -0.2) is 21.6 Å². The number of aromatic nitrogens is 3. The molecular weight excluding hydrogens is 300 g/mol. The van der Waals surface area contributed by atoms with E-state index < -0.39 is 0 Å². The second kappa shape index (κ2) is 5.34. The second-order valence-electron chi connectivity index (χ2n) is 4.94. The molecule has 2 aromatic heterocycles. The number of thiophene rings is 1. The number of nitrogens with zero attached hydrogens (tertiary/aromatic N) is 3. The lowest BCUT2D eigenvalue weighted by Gasteiger charge is -2.06. The number of fused-ring (bicyclic) bond motifs is 1. The zero-order valence-electron chi connectivity index (χ0n) is 11.9. The van der Waals surface area contributed by atoms with Crippen molar-refractivity contribution in [2.45, 2.75) is 13.5 Å². The Labute approximate surface area is 131 Å². The molecule has 7 heteroatoms. The fraction of sp³-hybridized carbons (Fsp3) is 0.200. The fourth-order valence-electron chi connectivity index (χ4n) is 2.33. The van der Waals surface area contributed by atoms with Gasteiger partial charge >= 0.3 is 0 Å². The molecule has 3 aromatic rings. The van der Waals surface area contributed by atoms with Gasteiger partial charge in [-0.15, -0.1) is 11.3 Å². The molecule has 1 aliphatic heterocycles. The number of hydrogen-bond acceptors (Lipinski definition) is 6. The molecule has 0 saturated heterocycles. The molecule has 0 fully saturated rings. The van der Waals surface area contributed by atoms with Crippen molar-refractivity contribution in [2.75, 3.05) is 12.1 Å². The van der Waals surface area contributed by atoms with Crippen molar-refractivity contribution in [1.29, 1.82) is 0 Å². The smallest absolute Gasteiger partial charge is 0.231 e. The molecule has 1 aliphatic rings. The molecule has 0 saturated carbocycles. The van der Waals surface area contributed by atoms with Gasteiger partial charge in [-0.25, -0.2) is 9.67 Å². The van der Waals surface area contributed by atoms with Crippen molar-refractivity contribution in [3.8, 4) is 16.5 Å². The van der Waals surface area contributed by atoms with E-state index in [1.54, 1.807) is 22.3 Å². The summed E-state index contributed by atoms with van der Waals surface area (Å²) < 4.78 is 12.5. The van der Waals surface area contributed by atoms with Gasteiger partial charge in [0, 0.05) is 11.4 Å². The van der Waals surface area contributed by atoms with Crippen molar-refractivity contribution < 1.29 is 9.47 Å². The third kappa shape index (κ3) is 2.39. The molecule has 3 heterocycles. The Kier molecular flexibility index (Phi) is 3.19. The van der Waals surface area contributed by atoms with Crippen LogP contribution in [0.2, 0.25) is 0 Å². The minimum absolute atomic E-state index is 0.303. The van der Waals surface area contributed by atoms with Crippen LogP contribution in [0.15, 0.2) is 36.9 Å². The van der Waals surface area contributed by atoms with Crippen molar-refractivity contribution >= 4 is 17.0 Å². The first-order valence-corrected chi connectivity index (χ1v) is 7.69. The number of anilines is 1. The number of hydrogen-bond donors (Lipinski definition) is 1. The van der Waals surface area contributed by atoms with Crippen molar-refractivity contribution in [2.24, 2.45) is 0 Å². The number of ether oxygens (including phenoxy) is 2. The summed E-state index contributed by atoms with van der Waals surface area (Å²) >= 11 is 1.68. The highest BCUT2D eigenvalue weighted by atomic mass is 32.1. The Morgan fingerprint density at radius 1 is 1.27 bits per heavy atom. The molecular formula is C15H14N4O2S. The number of benzene rings is 1. The van der Waals surface area contributed by atoms with Crippen LogP contribution in [0.1, 0.15) is 10.4 Å². The Balaban J connectivity index is 1.50. The summed E-state index contributed by atoms with van der Waals surface area (Å²) in [4.78, 5) is 5.19. The van der Waals surface area contributed by atoms with E-state index in [1.807, 2.05) is 18.2 Å². The standard InChI is InChI=1S/C15H14N4O2S/c1-10-12(5-15(22-10)19-8-16-7-18-19)17-6-11-2-3-13-14(4-11)21-9-20-13/h2-5,7-8,17H,6,9H2,1H3. The normalized spacial score (nSPS) is 12.6. The van der Waals surface area contributed by atoms with Gasteiger partial charge in [0.05, 0.1) is 5.69 Å². The highest BCUT2D eigenvalue weighted by Crippen LogP contribution is 2.33. The van der Waals surface area contributed by atoms with Crippen LogP contribution < -0.4 is 14.8 Å². The summed E-state index contributed by atoms with van der Waals surface area (Å²) in [6, 6.07) is 8.08. The summed E-state index contributed by atoms with van der Waals surface area (Å²) in [6.07, 6.45) is 3.24. The first-order valence-electron chi connectivity index (χ1n) is 6.87. The molecule has 4 rings (SSSR count). The zero-order valence-corrected chi connectivity index (χ0v) is 12.8. The van der Waals surface area contributed by atoms with Crippen molar-refractivity contribution in [3.63, 3.8) is 0 Å². The van der Waals surface area contributed by atoms with Gasteiger partial charge in [0.25, 0.3) is 0 Å². The van der Waals surface area contributed by atoms with Crippen molar-refractivity contribution in [3.05, 3.63) is 47.4 Å². The third-order valence-electron chi connectivity index (χ3n) is 3.47. The molecule has 0 radical (unpaired) electrons. The monoisotopic (exact) mass is 314 g/mol. The predicted octanol–water partition coefficient (Wildman–Crippen LogP) is 2.98. The van der Waals surface area contributed by atoms with Gasteiger partial charge in [-0.05, 0) is 30.7 Å². The molecule has 112 valence electrons. The predicted molar refractivity (Wildman–Crippen MR) is 83.9 cm³/mol. The van der Waals surface area contributed by atoms with Crippen molar-refractivity contribution in [1.82, 2.24) is 14.8 Å². The van der Waals surface area contributed by atoms with Crippen LogP contribution in [0.5, 0.6) is 11.5 Å². The molecule has 0 aliphatic carbocycles. The fourth-order valence-corrected chi connectivity index (χ4v) is 3.24. The molecule has 0 bridgehead atoms. The number of nitrogens with one attached hydrogen (secondary N) is 1. The molecule has 0 atom stereocenters. The van der Waals surface area contributed by atoms with Crippen LogP contribution in [-0.2, 0) is 6.54 Å². The molecule has 1 aromatic carbocycles. The first kappa shape index (κ1) is 13.1. The summed E-state index contributed by atoms with van der Waals surface area (Å²) in [7, 11) is 0. The summed E-state index contributed by atoms with van der Waals surface area (Å²) in [5, 5.41) is 8.66. The minimum Gasteiger partial charge on any atom is -0.454 e. The SMILES string of the molecule is Cc1sc(-n2cncn2)cc1NCc1ccc2c(c1)OCO2. The van der Waals surface area contributed by atoms with Crippen LogP contribution in [0.4, 0.5) is 5.69 Å². The van der Waals surface area contributed by atoms with E-state index in [1.165, 1.54) is 11.2 Å². The maximum Gasteiger partial charge on any atom is 0.231 e. The molecule has 1 N–H and O–H groups in total. The Bertz CT molecular complexity index is 798. The van der Waals surface area contributed by atoms with E-state index in [0.29, 0.717) is 6.79 Å². The van der Waals surface area contributed by atoms with E-state index in [9.17, 15) is 0 Å². The molecule has 6 nitrogen and oxygen atoms in total. The number of aryl methyl sites for hydroxylation is 1. The Hall–Kier alpha value is -2.54. The lowest BCUT2D eigenvalue weighted by atomic mass is 10.2. The van der Waals surface area contributed by atoms with Gasteiger partial charge in [0.1, 0.15) is 17.7 Å². The summed E-state index contributed by atoms with van der Waals surface area (Å²) in [6.45, 7) is 3.12. The van der Waals surface area contributed by atoms with E-state index in [0.717, 1.165) is 34.3 Å². The average Bonchev–Trinajstić information content (AvgIpc) is 3.25. The van der Waals surface area contributed by atoms with Crippen LogP contribution in [0.3, 0.4) is 0 Å². The second-order valence-corrected chi connectivity index (χ2v) is 6.17. The Morgan fingerprint density at radius 2 is 2.18 bits per heavy atom. The maximum atomic E-state index is 5.40. The maximum absolute atomic E-state index is 5.40. The van der Waals surface area contributed by atoms with Crippen LogP contribution >= 0.6 is 11.3 Å². The van der Waals surface area contributed by atoms with E-state index in [-0.39, 0.29) is 0 Å². The van der Waals surface area contributed by atoms with Gasteiger partial charge in [-0.3, -0.25) is 0 Å². The number of rotatable bonds is 4. The molecule has 0 unspecified atom stereocenters. The lowest BCUT2D eigenvalue weighted by Crippen LogP contribution is -1.99. The van der Waals surface area contributed by atoms with Gasteiger partial charge in [0.15, 0.2) is 11.5 Å². The van der Waals surface area contributed by atoms with Crippen LogP contribution in [0.25, 0.3) is 5.00 Å². The topological polar surface area (TPSA) is 61.2 Å². The highest BCUT2D eigenvalue weighted by Gasteiger charge is 2.13. The van der Waals surface area contributed by atoms with E-state index >= 15 is 0 Å². The highest BCUT2D eigenvalue weighted by molar-refractivity contribution is 7.15. The Morgan fingerprint density at radius 3 is 3.05 bits per heavy atom. The average molecular weight is 314 g/mol. The summed E-state index contributed by atoms with van der Waals surface area (Å²) in [5.74, 6) is 1.62. The van der Waals surface area contributed by atoms with Gasteiger partial charge in [-0.1, -0.05) is 6.07 Å². The first-order chi connectivity index (χ1) is 10.8. The molecule has 0 amide bonds. The minimum atomic E-state index is 0.303. The largest absolute Gasteiger partial charge is 0.454 e. The quantitative estimate of drug-likeness (QED) is 0.802. The van der Waals surface area contributed by atoms with E-state index in [4.69, 9.17) is 9.47 Å². The van der Waals surface area contributed by atoms with Crippen LogP contribution in [0, 0.1) is 6.92 Å². The van der Waals surface area contributed by atoms with Gasteiger partial charge in [0.2, 0.25) is 6.79 Å².